The van der Waals surface area contributed by atoms with E-state index in [1.807, 2.05) is 85.1 Å². The average Bonchev–Trinajstić information content (AvgIpc) is 3.47. The monoisotopic (exact) mass is 611 g/mol. The van der Waals surface area contributed by atoms with Gasteiger partial charge < -0.3 is 4.74 Å². The molecule has 0 aliphatic carbocycles. The SMILES string of the molecule is O=C1/C(=C/c2cn(-c3ccccc3)nc2-c2cccc(OCc3ccc(Cl)cc3)c2)SC(=S)N1CCS(=O)(=O)O. The van der Waals surface area contributed by atoms with Crippen molar-refractivity contribution in [2.45, 2.75) is 6.61 Å². The van der Waals surface area contributed by atoms with Gasteiger partial charge in [-0.1, -0.05) is 78.0 Å². The lowest BCUT2D eigenvalue weighted by Crippen LogP contribution is -2.32. The molecule has 1 saturated heterocycles. The summed E-state index contributed by atoms with van der Waals surface area (Å²) in [5.41, 5.74) is 3.86. The van der Waals surface area contributed by atoms with E-state index in [9.17, 15) is 13.2 Å². The molecular formula is C28H22ClN3O5S3. The van der Waals surface area contributed by atoms with Gasteiger partial charge in [-0.3, -0.25) is 14.2 Å². The lowest BCUT2D eigenvalue weighted by atomic mass is 10.1. The third-order valence-corrected chi connectivity index (χ3v) is 8.25. The first-order valence-electron chi connectivity index (χ1n) is 12.0. The molecule has 0 bridgehead atoms. The van der Waals surface area contributed by atoms with E-state index in [2.05, 4.69) is 0 Å². The Morgan fingerprint density at radius 3 is 2.52 bits per heavy atom. The fourth-order valence-corrected chi connectivity index (χ4v) is 5.79. The maximum Gasteiger partial charge on any atom is 0.266 e. The molecular weight excluding hydrogens is 590 g/mol. The summed E-state index contributed by atoms with van der Waals surface area (Å²) in [5.74, 6) is -0.395. The summed E-state index contributed by atoms with van der Waals surface area (Å²) < 4.78 is 39.5. The van der Waals surface area contributed by atoms with Crippen LogP contribution < -0.4 is 4.74 Å². The first kappa shape index (κ1) is 28.1. The number of amides is 1. The van der Waals surface area contributed by atoms with E-state index in [0.717, 1.165) is 28.6 Å². The standard InChI is InChI=1S/C28H22ClN3O5S3/c29-22-11-9-19(10-12-22)18-37-24-8-4-5-20(15-24)26-21(17-32(30-26)23-6-2-1-3-7-23)16-25-27(33)31(28(38)39-25)13-14-40(34,35)36/h1-12,15-17H,13-14,18H2,(H,34,35,36)/b25-16-. The molecule has 40 heavy (non-hydrogen) atoms. The summed E-state index contributed by atoms with van der Waals surface area (Å²) in [6.45, 7) is 0.127. The predicted octanol–water partition coefficient (Wildman–Crippen LogP) is 5.86. The molecule has 204 valence electrons. The Balaban J connectivity index is 1.47. The van der Waals surface area contributed by atoms with Crippen molar-refractivity contribution in [3.05, 3.63) is 106 Å². The third kappa shape index (κ3) is 6.80. The van der Waals surface area contributed by atoms with Crippen LogP contribution in [0.15, 0.2) is 90.0 Å². The number of halogens is 1. The number of carbonyl (C=O) groups excluding carboxylic acids is 1. The van der Waals surface area contributed by atoms with Gasteiger partial charge in [-0.15, -0.1) is 0 Å². The summed E-state index contributed by atoms with van der Waals surface area (Å²) in [4.78, 5) is 14.6. The Morgan fingerprint density at radius 1 is 1.05 bits per heavy atom. The summed E-state index contributed by atoms with van der Waals surface area (Å²) in [5, 5.41) is 5.47. The number of thiocarbonyl (C=S) groups is 1. The molecule has 12 heteroatoms. The minimum absolute atomic E-state index is 0.217. The van der Waals surface area contributed by atoms with E-state index >= 15 is 0 Å². The number of thioether (sulfide) groups is 1. The van der Waals surface area contributed by atoms with Gasteiger partial charge in [-0.05, 0) is 48.0 Å². The second-order valence-corrected chi connectivity index (χ2v) is 12.5. The quantitative estimate of drug-likeness (QED) is 0.143. The highest BCUT2D eigenvalue weighted by atomic mass is 35.5. The number of aromatic nitrogens is 2. The van der Waals surface area contributed by atoms with Crippen LogP contribution in [0.2, 0.25) is 5.02 Å². The molecule has 2 heterocycles. The number of benzene rings is 3. The minimum Gasteiger partial charge on any atom is -0.489 e. The van der Waals surface area contributed by atoms with Crippen LogP contribution >= 0.6 is 35.6 Å². The molecule has 1 amide bonds. The van der Waals surface area contributed by atoms with Gasteiger partial charge in [0.1, 0.15) is 22.4 Å². The zero-order valence-electron chi connectivity index (χ0n) is 20.8. The van der Waals surface area contributed by atoms with E-state index in [-0.39, 0.29) is 10.9 Å². The van der Waals surface area contributed by atoms with E-state index in [4.69, 9.17) is 38.2 Å². The number of ether oxygens (including phenoxy) is 1. The number of nitrogens with zero attached hydrogens (tertiary/aromatic N) is 3. The van der Waals surface area contributed by atoms with E-state index in [1.54, 1.807) is 10.8 Å². The van der Waals surface area contributed by atoms with E-state index in [0.29, 0.717) is 33.5 Å². The van der Waals surface area contributed by atoms with Crippen molar-refractivity contribution in [2.75, 3.05) is 12.3 Å². The molecule has 1 N–H and O–H groups in total. The van der Waals surface area contributed by atoms with Gasteiger partial charge in [0.05, 0.1) is 16.3 Å². The number of hydrogen-bond acceptors (Lipinski definition) is 7. The predicted molar refractivity (Wildman–Crippen MR) is 161 cm³/mol. The normalized spacial score (nSPS) is 14.8. The fourth-order valence-electron chi connectivity index (χ4n) is 3.95. The number of carbonyl (C=O) groups is 1. The highest BCUT2D eigenvalue weighted by Crippen LogP contribution is 2.35. The van der Waals surface area contributed by atoms with Gasteiger partial charge in [-0.25, -0.2) is 4.68 Å². The fraction of sp³-hybridized carbons (Fsp3) is 0.107. The summed E-state index contributed by atoms with van der Waals surface area (Å²) in [6.07, 6.45) is 3.51. The van der Waals surface area contributed by atoms with Crippen molar-refractivity contribution in [1.82, 2.24) is 14.7 Å². The van der Waals surface area contributed by atoms with Gasteiger partial charge >= 0.3 is 0 Å². The van der Waals surface area contributed by atoms with Crippen molar-refractivity contribution >= 4 is 62.0 Å². The average molecular weight is 612 g/mol. The van der Waals surface area contributed by atoms with Gasteiger partial charge in [0.25, 0.3) is 16.0 Å². The molecule has 0 saturated carbocycles. The molecule has 0 atom stereocenters. The molecule has 8 nitrogen and oxygen atoms in total. The topological polar surface area (TPSA) is 102 Å². The molecule has 1 aliphatic rings. The molecule has 0 unspecified atom stereocenters. The Morgan fingerprint density at radius 2 is 1.80 bits per heavy atom. The van der Waals surface area contributed by atoms with Gasteiger partial charge in [0.15, 0.2) is 0 Å². The number of hydrogen-bond donors (Lipinski definition) is 1. The summed E-state index contributed by atoms with van der Waals surface area (Å²) in [6, 6.07) is 24.5. The molecule has 4 aromatic rings. The molecule has 0 spiro atoms. The van der Waals surface area contributed by atoms with Crippen LogP contribution in [0.1, 0.15) is 11.1 Å². The lowest BCUT2D eigenvalue weighted by Gasteiger charge is -2.12. The van der Waals surface area contributed by atoms with Crippen LogP contribution in [0, 0.1) is 0 Å². The largest absolute Gasteiger partial charge is 0.489 e. The van der Waals surface area contributed by atoms with Crippen molar-refractivity contribution < 1.29 is 22.5 Å². The minimum atomic E-state index is -4.25. The van der Waals surface area contributed by atoms with E-state index < -0.39 is 21.8 Å². The van der Waals surface area contributed by atoms with Crippen LogP contribution in [0.3, 0.4) is 0 Å². The first-order chi connectivity index (χ1) is 19.2. The first-order valence-corrected chi connectivity index (χ1v) is 15.2. The Bertz CT molecular complexity index is 1700. The lowest BCUT2D eigenvalue weighted by molar-refractivity contribution is -0.121. The van der Waals surface area contributed by atoms with Gasteiger partial charge in [0.2, 0.25) is 0 Å². The van der Waals surface area contributed by atoms with Crippen LogP contribution in [0.25, 0.3) is 23.0 Å². The molecule has 0 radical (unpaired) electrons. The van der Waals surface area contributed by atoms with E-state index in [1.165, 1.54) is 4.90 Å². The highest BCUT2D eigenvalue weighted by Gasteiger charge is 2.33. The molecule has 1 fully saturated rings. The zero-order valence-corrected chi connectivity index (χ0v) is 24.0. The summed E-state index contributed by atoms with van der Waals surface area (Å²) >= 11 is 12.4. The number of rotatable bonds is 9. The van der Waals surface area contributed by atoms with Crippen LogP contribution in [0.4, 0.5) is 0 Å². The van der Waals surface area contributed by atoms with Crippen molar-refractivity contribution in [3.8, 4) is 22.7 Å². The van der Waals surface area contributed by atoms with Crippen LogP contribution in [-0.4, -0.2) is 50.2 Å². The Labute approximate surface area is 246 Å². The van der Waals surface area contributed by atoms with Crippen LogP contribution in [0.5, 0.6) is 5.75 Å². The number of para-hydroxylation sites is 1. The Hall–Kier alpha value is -3.48. The maximum atomic E-state index is 13.1. The molecule has 1 aromatic heterocycles. The third-order valence-electron chi connectivity index (χ3n) is 5.92. The molecule has 3 aromatic carbocycles. The van der Waals surface area contributed by atoms with Gasteiger partial charge in [0, 0.05) is 28.9 Å². The smallest absolute Gasteiger partial charge is 0.266 e. The van der Waals surface area contributed by atoms with Crippen molar-refractivity contribution in [3.63, 3.8) is 0 Å². The summed E-state index contributed by atoms with van der Waals surface area (Å²) in [7, 11) is -4.25. The van der Waals surface area contributed by atoms with Crippen LogP contribution in [-0.2, 0) is 21.5 Å². The second kappa shape index (κ2) is 11.9. The highest BCUT2D eigenvalue weighted by molar-refractivity contribution is 8.26. The van der Waals surface area contributed by atoms with Crippen molar-refractivity contribution in [2.24, 2.45) is 0 Å². The second-order valence-electron chi connectivity index (χ2n) is 8.78. The van der Waals surface area contributed by atoms with Crippen molar-refractivity contribution in [1.29, 1.82) is 0 Å². The molecule has 1 aliphatic heterocycles. The Kier molecular flexibility index (Phi) is 8.38. The van der Waals surface area contributed by atoms with Gasteiger partial charge in [-0.2, -0.15) is 13.5 Å². The zero-order chi connectivity index (χ0) is 28.3. The maximum absolute atomic E-state index is 13.1. The molecule has 5 rings (SSSR count).